The second-order valence-electron chi connectivity index (χ2n) is 4.11. The van der Waals surface area contributed by atoms with Crippen molar-refractivity contribution in [3.63, 3.8) is 0 Å². The van der Waals surface area contributed by atoms with Crippen LogP contribution < -0.4 is 5.73 Å². The van der Waals surface area contributed by atoms with E-state index in [9.17, 15) is 4.39 Å². The number of rotatable bonds is 3. The minimum atomic E-state index is -0.448. The van der Waals surface area contributed by atoms with Crippen molar-refractivity contribution in [3.05, 3.63) is 69.5 Å². The second-order valence-corrected chi connectivity index (χ2v) is 4.96. The van der Waals surface area contributed by atoms with Crippen LogP contribution in [0.25, 0.3) is 0 Å². The summed E-state index contributed by atoms with van der Waals surface area (Å²) in [6.07, 6.45) is 0.599. The fourth-order valence-electron chi connectivity index (χ4n) is 1.78. The molecule has 0 aliphatic carbocycles. The van der Waals surface area contributed by atoms with Gasteiger partial charge < -0.3 is 5.73 Å². The Morgan fingerprint density at radius 3 is 2.56 bits per heavy atom. The highest BCUT2D eigenvalue weighted by Gasteiger charge is 2.10. The largest absolute Gasteiger partial charge is 0.324 e. The first kappa shape index (κ1) is 13.3. The van der Waals surface area contributed by atoms with E-state index in [1.807, 2.05) is 18.2 Å². The molecule has 2 aromatic rings. The van der Waals surface area contributed by atoms with E-state index in [0.717, 1.165) is 11.1 Å². The molecule has 2 aromatic carbocycles. The van der Waals surface area contributed by atoms with Gasteiger partial charge in [0.1, 0.15) is 5.82 Å². The van der Waals surface area contributed by atoms with Gasteiger partial charge in [-0.2, -0.15) is 0 Å². The lowest BCUT2D eigenvalue weighted by molar-refractivity contribution is 0.619. The zero-order valence-corrected chi connectivity index (χ0v) is 11.0. The van der Waals surface area contributed by atoms with Gasteiger partial charge in [-0.1, -0.05) is 41.4 Å². The van der Waals surface area contributed by atoms with Crippen molar-refractivity contribution in [1.29, 1.82) is 0 Å². The van der Waals surface area contributed by atoms with E-state index in [0.29, 0.717) is 11.4 Å². The molecule has 0 heterocycles. The summed E-state index contributed by atoms with van der Waals surface area (Å²) in [6, 6.07) is 11.8. The summed E-state index contributed by atoms with van der Waals surface area (Å²) < 4.78 is 13.3. The van der Waals surface area contributed by atoms with Gasteiger partial charge >= 0.3 is 0 Å². The smallest absolute Gasteiger partial charge is 0.142 e. The quantitative estimate of drug-likeness (QED) is 0.889. The monoisotopic (exact) mass is 283 g/mol. The molecule has 1 unspecified atom stereocenters. The minimum Gasteiger partial charge on any atom is -0.324 e. The van der Waals surface area contributed by atoms with E-state index in [1.165, 1.54) is 12.1 Å². The topological polar surface area (TPSA) is 26.0 Å². The Labute approximate surface area is 115 Å². The van der Waals surface area contributed by atoms with Crippen molar-refractivity contribution in [2.75, 3.05) is 0 Å². The molecule has 0 fully saturated rings. The summed E-state index contributed by atoms with van der Waals surface area (Å²) in [4.78, 5) is 0. The van der Waals surface area contributed by atoms with Gasteiger partial charge in [-0.15, -0.1) is 0 Å². The second kappa shape index (κ2) is 5.70. The molecule has 18 heavy (non-hydrogen) atoms. The Balaban J connectivity index is 2.16. The van der Waals surface area contributed by atoms with E-state index in [-0.39, 0.29) is 11.1 Å². The molecule has 0 aromatic heterocycles. The average Bonchev–Trinajstić information content (AvgIpc) is 2.32. The molecule has 0 saturated carbocycles. The normalized spacial score (nSPS) is 12.4. The number of halogens is 3. The molecule has 1 atom stereocenters. The van der Waals surface area contributed by atoms with Crippen LogP contribution in [0.4, 0.5) is 4.39 Å². The summed E-state index contributed by atoms with van der Waals surface area (Å²) in [5.74, 6) is -0.448. The van der Waals surface area contributed by atoms with Crippen molar-refractivity contribution in [2.24, 2.45) is 5.73 Å². The van der Waals surface area contributed by atoms with Crippen LogP contribution in [-0.4, -0.2) is 0 Å². The van der Waals surface area contributed by atoms with E-state index in [1.54, 1.807) is 12.1 Å². The summed E-state index contributed by atoms with van der Waals surface area (Å²) in [5, 5.41) is 0.774. The highest BCUT2D eigenvalue weighted by Crippen LogP contribution is 2.22. The Morgan fingerprint density at radius 1 is 1.11 bits per heavy atom. The van der Waals surface area contributed by atoms with Crippen molar-refractivity contribution >= 4 is 23.2 Å². The van der Waals surface area contributed by atoms with Crippen molar-refractivity contribution in [2.45, 2.75) is 12.5 Å². The Kier molecular flexibility index (Phi) is 4.23. The molecule has 1 nitrogen and oxygen atoms in total. The van der Waals surface area contributed by atoms with Crippen LogP contribution in [0.3, 0.4) is 0 Å². The third-order valence-electron chi connectivity index (χ3n) is 2.72. The lowest BCUT2D eigenvalue weighted by Crippen LogP contribution is -2.13. The summed E-state index contributed by atoms with van der Waals surface area (Å²) in [7, 11) is 0. The van der Waals surface area contributed by atoms with Gasteiger partial charge in [0.25, 0.3) is 0 Å². The predicted octanol–water partition coefficient (Wildman–Crippen LogP) is 4.38. The third-order valence-corrected chi connectivity index (χ3v) is 3.26. The van der Waals surface area contributed by atoms with Gasteiger partial charge in [0.05, 0.1) is 5.02 Å². The first-order valence-corrected chi connectivity index (χ1v) is 6.27. The molecule has 94 valence electrons. The SMILES string of the molecule is NC(Cc1cccc(Cl)c1)c1ccc(Cl)c(F)c1. The Morgan fingerprint density at radius 2 is 1.89 bits per heavy atom. The van der Waals surface area contributed by atoms with Crippen LogP contribution in [0.15, 0.2) is 42.5 Å². The maximum absolute atomic E-state index is 13.3. The van der Waals surface area contributed by atoms with E-state index in [4.69, 9.17) is 28.9 Å². The van der Waals surface area contributed by atoms with Gasteiger partial charge in [-0.05, 0) is 41.8 Å². The molecule has 0 aliphatic heterocycles. The zero-order chi connectivity index (χ0) is 13.1. The summed E-state index contributed by atoms with van der Waals surface area (Å²) in [5.41, 5.74) is 7.78. The Hall–Kier alpha value is -1.09. The van der Waals surface area contributed by atoms with Crippen LogP contribution in [0.2, 0.25) is 10.0 Å². The van der Waals surface area contributed by atoms with Crippen LogP contribution in [-0.2, 0) is 6.42 Å². The first-order chi connectivity index (χ1) is 8.56. The van der Waals surface area contributed by atoms with Crippen LogP contribution >= 0.6 is 23.2 Å². The number of hydrogen-bond donors (Lipinski definition) is 1. The van der Waals surface area contributed by atoms with E-state index < -0.39 is 5.82 Å². The molecule has 0 aliphatic rings. The van der Waals surface area contributed by atoms with Crippen LogP contribution in [0.1, 0.15) is 17.2 Å². The maximum Gasteiger partial charge on any atom is 0.142 e. The molecule has 0 spiro atoms. The van der Waals surface area contributed by atoms with Crippen LogP contribution in [0, 0.1) is 5.82 Å². The number of nitrogens with two attached hydrogens (primary N) is 1. The first-order valence-electron chi connectivity index (χ1n) is 5.51. The lowest BCUT2D eigenvalue weighted by Gasteiger charge is -2.12. The molecule has 2 rings (SSSR count). The molecule has 0 bridgehead atoms. The third kappa shape index (κ3) is 3.22. The van der Waals surface area contributed by atoms with Crippen molar-refractivity contribution in [1.82, 2.24) is 0 Å². The van der Waals surface area contributed by atoms with Gasteiger partial charge in [0.2, 0.25) is 0 Å². The van der Waals surface area contributed by atoms with E-state index >= 15 is 0 Å². The molecule has 0 radical (unpaired) electrons. The Bertz CT molecular complexity index is 557. The molecular formula is C14H12Cl2FN. The highest BCUT2D eigenvalue weighted by atomic mass is 35.5. The fourth-order valence-corrected chi connectivity index (χ4v) is 2.11. The van der Waals surface area contributed by atoms with Crippen molar-refractivity contribution < 1.29 is 4.39 Å². The van der Waals surface area contributed by atoms with Crippen molar-refractivity contribution in [3.8, 4) is 0 Å². The molecular weight excluding hydrogens is 272 g/mol. The molecule has 2 N–H and O–H groups in total. The van der Waals surface area contributed by atoms with Gasteiger partial charge in [0.15, 0.2) is 0 Å². The summed E-state index contributed by atoms with van der Waals surface area (Å²) in [6.45, 7) is 0. The fraction of sp³-hybridized carbons (Fsp3) is 0.143. The highest BCUT2D eigenvalue weighted by molar-refractivity contribution is 6.31. The van der Waals surface area contributed by atoms with Gasteiger partial charge in [0, 0.05) is 11.1 Å². The zero-order valence-electron chi connectivity index (χ0n) is 9.54. The predicted molar refractivity (Wildman–Crippen MR) is 73.5 cm³/mol. The maximum atomic E-state index is 13.3. The van der Waals surface area contributed by atoms with E-state index in [2.05, 4.69) is 0 Å². The van der Waals surface area contributed by atoms with Gasteiger partial charge in [-0.25, -0.2) is 4.39 Å². The van der Waals surface area contributed by atoms with Crippen LogP contribution in [0.5, 0.6) is 0 Å². The lowest BCUT2D eigenvalue weighted by atomic mass is 10.00. The number of hydrogen-bond acceptors (Lipinski definition) is 1. The molecule has 4 heteroatoms. The number of benzene rings is 2. The van der Waals surface area contributed by atoms with Gasteiger partial charge in [-0.3, -0.25) is 0 Å². The minimum absolute atomic E-state index is 0.105. The molecule has 0 amide bonds. The standard InChI is InChI=1S/C14H12Cl2FN/c15-11-3-1-2-9(6-11)7-14(18)10-4-5-12(16)13(17)8-10/h1-6,8,14H,7,18H2. The summed E-state index contributed by atoms with van der Waals surface area (Å²) >= 11 is 11.5. The average molecular weight is 284 g/mol. The molecule has 0 saturated heterocycles.